The van der Waals surface area contributed by atoms with E-state index in [1.54, 1.807) is 9.80 Å². The minimum atomic E-state index is -4.18. The normalized spacial score (nSPS) is 18.5. The van der Waals surface area contributed by atoms with Gasteiger partial charge in [0.25, 0.3) is 0 Å². The van der Waals surface area contributed by atoms with Gasteiger partial charge >= 0.3 is 14.6 Å². The zero-order valence-corrected chi connectivity index (χ0v) is 23.9. The lowest BCUT2D eigenvalue weighted by Crippen LogP contribution is -2.77. The Kier molecular flexibility index (Phi) is 8.97. The second kappa shape index (κ2) is 12.8. The minimum Gasteiger partial charge on any atom is -0.408 e. The van der Waals surface area contributed by atoms with Gasteiger partial charge in [-0.2, -0.15) is 0 Å². The first-order valence-corrected chi connectivity index (χ1v) is 15.9. The number of benzene rings is 4. The number of rotatable bonds is 10. The molecule has 5 rings (SSSR count). The molecule has 4 aromatic carbocycles. The van der Waals surface area contributed by atoms with Crippen molar-refractivity contribution in [2.45, 2.75) is 50.5 Å². The summed E-state index contributed by atoms with van der Waals surface area (Å²) in [7, 11) is -4.18. The van der Waals surface area contributed by atoms with E-state index < -0.39 is 19.9 Å². The Bertz CT molecular complexity index is 1310. The van der Waals surface area contributed by atoms with Crippen molar-refractivity contribution in [1.82, 2.24) is 9.80 Å². The number of carbonyl (C=O) groups excluding carboxylic acids is 1. The molecule has 0 aliphatic carbocycles. The number of carbonyl (C=O) groups is 1. The van der Waals surface area contributed by atoms with E-state index in [0.717, 1.165) is 33.4 Å². The maximum atomic E-state index is 14.4. The monoisotopic (exact) mass is 568 g/mol. The molecular weight excluding hydrogens is 532 g/mol. The summed E-state index contributed by atoms with van der Waals surface area (Å²) in [6.45, 7) is 0.256. The van der Waals surface area contributed by atoms with Crippen LogP contribution in [0, 0.1) is 0 Å². The number of aliphatic hydroxyl groups is 2. The Hall–Kier alpha value is -3.79. The fraction of sp³-hybridized carbons (Fsp3) is 0.242. The first-order valence-electron chi connectivity index (χ1n) is 13.9. The lowest BCUT2D eigenvalue weighted by atomic mass is 10.1. The molecule has 0 radical (unpaired) electrons. The number of hydrogen-bond donors (Lipinski definition) is 4. The van der Waals surface area contributed by atoms with Crippen molar-refractivity contribution < 1.29 is 24.6 Å². The third-order valence-electron chi connectivity index (χ3n) is 7.89. The summed E-state index contributed by atoms with van der Waals surface area (Å²) >= 11 is 0. The van der Waals surface area contributed by atoms with Crippen LogP contribution in [0.2, 0.25) is 0 Å². The minimum absolute atomic E-state index is 0.0765. The van der Waals surface area contributed by atoms with E-state index in [0.29, 0.717) is 12.8 Å². The second-order valence-corrected chi connectivity index (χ2v) is 13.6. The molecule has 1 fully saturated rings. The van der Waals surface area contributed by atoms with Crippen LogP contribution in [0.15, 0.2) is 109 Å². The SMILES string of the molecule is O=C1N(Cc2ccc(CO)cc2)[C@H](Cc2ccccc2)[Si](O)(O)[C@@H](Cc2ccccc2)N1Cc1ccc(CO)cc1. The van der Waals surface area contributed by atoms with Crippen molar-refractivity contribution in [2.75, 3.05) is 0 Å². The van der Waals surface area contributed by atoms with Crippen LogP contribution in [0.25, 0.3) is 0 Å². The van der Waals surface area contributed by atoms with Crippen LogP contribution in [0.3, 0.4) is 0 Å². The fourth-order valence-corrected chi connectivity index (χ4v) is 8.39. The summed E-state index contributed by atoms with van der Waals surface area (Å²) in [5.41, 5.74) is 3.51. The van der Waals surface area contributed by atoms with Crippen molar-refractivity contribution in [1.29, 1.82) is 0 Å². The molecule has 4 aromatic rings. The number of amides is 2. The predicted octanol–water partition coefficient (Wildman–Crippen LogP) is 3.84. The van der Waals surface area contributed by atoms with Crippen LogP contribution < -0.4 is 0 Å². The van der Waals surface area contributed by atoms with Crippen molar-refractivity contribution in [3.8, 4) is 0 Å². The summed E-state index contributed by atoms with van der Waals surface area (Å²) in [6, 6.07) is 33.8. The Labute approximate surface area is 241 Å². The standard InChI is InChI=1S/C33H36N2O5Si/c36-23-29-15-11-27(12-16-29)21-34-31(19-25-7-3-1-4-8-25)41(39,40)32(20-26-9-5-2-6-10-26)35(33(34)38)22-28-13-17-30(24-37)18-14-28/h1-18,31-32,36-37,39-40H,19-24H2/t31-,32-/m0/s1. The lowest BCUT2D eigenvalue weighted by molar-refractivity contribution is 0.0823. The average Bonchev–Trinajstić information content (AvgIpc) is 3.01. The topological polar surface area (TPSA) is 104 Å². The van der Waals surface area contributed by atoms with Gasteiger partial charge in [-0.1, -0.05) is 109 Å². The Morgan fingerprint density at radius 1 is 0.512 bits per heavy atom. The largest absolute Gasteiger partial charge is 0.408 e. The van der Waals surface area contributed by atoms with Crippen LogP contribution in [-0.4, -0.2) is 55.5 Å². The number of hydrogen-bond acceptors (Lipinski definition) is 5. The molecule has 41 heavy (non-hydrogen) atoms. The molecule has 0 bridgehead atoms. The van der Waals surface area contributed by atoms with Gasteiger partial charge in [-0.15, -0.1) is 0 Å². The molecule has 7 nitrogen and oxygen atoms in total. The second-order valence-electron chi connectivity index (χ2n) is 10.7. The molecule has 4 N–H and O–H groups in total. The van der Waals surface area contributed by atoms with Crippen molar-refractivity contribution >= 4 is 14.6 Å². The van der Waals surface area contributed by atoms with Gasteiger partial charge in [-0.3, -0.25) is 0 Å². The van der Waals surface area contributed by atoms with Gasteiger partial charge in [-0.05, 0) is 46.2 Å². The quantitative estimate of drug-likeness (QED) is 0.218. The third-order valence-corrected chi connectivity index (χ3v) is 10.9. The van der Waals surface area contributed by atoms with E-state index in [1.807, 2.05) is 109 Å². The number of aliphatic hydroxyl groups excluding tert-OH is 2. The molecule has 212 valence electrons. The molecule has 0 saturated carbocycles. The van der Waals surface area contributed by atoms with Crippen LogP contribution >= 0.6 is 0 Å². The molecule has 1 saturated heterocycles. The van der Waals surface area contributed by atoms with Crippen molar-refractivity contribution in [2.24, 2.45) is 0 Å². The van der Waals surface area contributed by atoms with Gasteiger partial charge in [0, 0.05) is 13.1 Å². The first-order chi connectivity index (χ1) is 19.9. The fourth-order valence-electron chi connectivity index (χ4n) is 5.56. The van der Waals surface area contributed by atoms with E-state index in [4.69, 9.17) is 0 Å². The van der Waals surface area contributed by atoms with Gasteiger partial charge in [0.2, 0.25) is 0 Å². The zero-order valence-electron chi connectivity index (χ0n) is 22.9. The van der Waals surface area contributed by atoms with Crippen molar-refractivity contribution in [3.05, 3.63) is 143 Å². The van der Waals surface area contributed by atoms with Crippen LogP contribution in [-0.2, 0) is 39.1 Å². The lowest BCUT2D eigenvalue weighted by Gasteiger charge is -2.51. The molecule has 0 unspecified atom stereocenters. The van der Waals surface area contributed by atoms with Gasteiger partial charge in [0.1, 0.15) is 0 Å². The summed E-state index contributed by atoms with van der Waals surface area (Å²) in [4.78, 5) is 42.1. The number of nitrogens with zero attached hydrogens (tertiary/aromatic N) is 2. The third kappa shape index (κ3) is 6.59. The van der Waals surface area contributed by atoms with Crippen molar-refractivity contribution in [3.63, 3.8) is 0 Å². The smallest absolute Gasteiger partial charge is 0.380 e. The maximum absolute atomic E-state index is 14.4. The highest BCUT2D eigenvalue weighted by Gasteiger charge is 2.58. The van der Waals surface area contributed by atoms with Crippen LogP contribution in [0.4, 0.5) is 4.79 Å². The van der Waals surface area contributed by atoms with E-state index in [9.17, 15) is 24.6 Å². The van der Waals surface area contributed by atoms with Gasteiger partial charge in [0.05, 0.1) is 24.5 Å². The summed E-state index contributed by atoms with van der Waals surface area (Å²) < 4.78 is 0. The molecule has 2 amide bonds. The van der Waals surface area contributed by atoms with Gasteiger partial charge in [-0.25, -0.2) is 4.79 Å². The Morgan fingerprint density at radius 2 is 0.854 bits per heavy atom. The predicted molar refractivity (Wildman–Crippen MR) is 159 cm³/mol. The highest BCUT2D eigenvalue weighted by atomic mass is 28.4. The molecule has 1 aliphatic rings. The highest BCUT2D eigenvalue weighted by Crippen LogP contribution is 2.33. The number of urea groups is 1. The Morgan fingerprint density at radius 3 is 1.20 bits per heavy atom. The van der Waals surface area contributed by atoms with E-state index in [2.05, 4.69) is 0 Å². The van der Waals surface area contributed by atoms with Gasteiger partial charge < -0.3 is 29.6 Å². The average molecular weight is 569 g/mol. The molecule has 8 heteroatoms. The molecule has 1 heterocycles. The van der Waals surface area contributed by atoms with E-state index >= 15 is 0 Å². The summed E-state index contributed by atoms with van der Waals surface area (Å²) in [5, 5.41) is 19.0. The van der Waals surface area contributed by atoms with Crippen LogP contribution in [0.5, 0.6) is 0 Å². The van der Waals surface area contributed by atoms with E-state index in [1.165, 1.54) is 0 Å². The summed E-state index contributed by atoms with van der Waals surface area (Å²) in [6.07, 6.45) is 0.649. The van der Waals surface area contributed by atoms with E-state index in [-0.39, 0.29) is 32.3 Å². The molecule has 2 atom stereocenters. The molecular formula is C33H36N2O5Si. The van der Waals surface area contributed by atoms with Crippen LogP contribution in [0.1, 0.15) is 33.4 Å². The maximum Gasteiger partial charge on any atom is 0.380 e. The molecule has 0 spiro atoms. The van der Waals surface area contributed by atoms with Gasteiger partial charge in [0.15, 0.2) is 0 Å². The summed E-state index contributed by atoms with van der Waals surface area (Å²) in [5.74, 6) is 0. The highest BCUT2D eigenvalue weighted by molar-refractivity contribution is 6.69. The molecule has 1 aliphatic heterocycles. The molecule has 0 aromatic heterocycles. The zero-order chi connectivity index (χ0) is 28.8. The Balaban J connectivity index is 1.56. The first kappa shape index (κ1) is 28.7.